The molecule has 0 aliphatic carbocycles. The third-order valence-electron chi connectivity index (χ3n) is 5.52. The first-order chi connectivity index (χ1) is 13.2. The van der Waals surface area contributed by atoms with Crippen LogP contribution in [0.15, 0.2) is 36.7 Å². The highest BCUT2D eigenvalue weighted by atomic mass is 16.5. The van der Waals surface area contributed by atoms with Gasteiger partial charge >= 0.3 is 0 Å². The molecule has 4 rings (SSSR count). The molecular formula is C21H26N4O2. The first kappa shape index (κ1) is 17.9. The van der Waals surface area contributed by atoms with Crippen molar-refractivity contribution >= 4 is 11.9 Å². The summed E-state index contributed by atoms with van der Waals surface area (Å²) < 4.78 is 5.36. The molecule has 0 N–H and O–H groups in total. The number of ether oxygens (including phenoxy) is 1. The summed E-state index contributed by atoms with van der Waals surface area (Å²) in [5, 5.41) is 0. The zero-order valence-corrected chi connectivity index (χ0v) is 15.8. The highest BCUT2D eigenvalue weighted by molar-refractivity contribution is 5.93. The predicted octanol–water partition coefficient (Wildman–Crippen LogP) is 2.64. The van der Waals surface area contributed by atoms with Gasteiger partial charge in [0.2, 0.25) is 5.95 Å². The summed E-state index contributed by atoms with van der Waals surface area (Å²) in [4.78, 5) is 25.8. The Morgan fingerprint density at radius 3 is 2.59 bits per heavy atom. The Morgan fingerprint density at radius 1 is 1.11 bits per heavy atom. The van der Waals surface area contributed by atoms with Crippen molar-refractivity contribution in [2.45, 2.75) is 25.7 Å². The molecule has 0 radical (unpaired) electrons. The van der Waals surface area contributed by atoms with Crippen LogP contribution >= 0.6 is 0 Å². The van der Waals surface area contributed by atoms with Crippen molar-refractivity contribution in [3.8, 4) is 0 Å². The number of aryl methyl sites for hydroxylation is 1. The van der Waals surface area contributed by atoms with E-state index in [1.54, 1.807) is 12.4 Å². The number of nitrogens with zero attached hydrogens (tertiary/aromatic N) is 4. The number of morpholine rings is 1. The van der Waals surface area contributed by atoms with Gasteiger partial charge in [0.15, 0.2) is 0 Å². The molecule has 2 saturated heterocycles. The maximum Gasteiger partial charge on any atom is 0.257 e. The molecule has 0 spiro atoms. The van der Waals surface area contributed by atoms with Crippen LogP contribution < -0.4 is 4.90 Å². The Hall–Kier alpha value is -2.47. The van der Waals surface area contributed by atoms with Crippen LogP contribution in [0, 0.1) is 6.92 Å². The number of rotatable bonds is 3. The van der Waals surface area contributed by atoms with Gasteiger partial charge in [0, 0.05) is 44.5 Å². The minimum Gasteiger partial charge on any atom is -0.378 e. The molecule has 6 heteroatoms. The van der Waals surface area contributed by atoms with Crippen molar-refractivity contribution in [2.24, 2.45) is 0 Å². The molecule has 2 aliphatic rings. The summed E-state index contributed by atoms with van der Waals surface area (Å²) in [6.07, 6.45) is 5.48. The second-order valence-electron chi connectivity index (χ2n) is 7.32. The van der Waals surface area contributed by atoms with E-state index in [4.69, 9.17) is 4.74 Å². The third-order valence-corrected chi connectivity index (χ3v) is 5.52. The van der Waals surface area contributed by atoms with Crippen LogP contribution in [0.25, 0.3) is 0 Å². The van der Waals surface area contributed by atoms with Gasteiger partial charge in [-0.25, -0.2) is 9.97 Å². The molecule has 1 aromatic heterocycles. The van der Waals surface area contributed by atoms with Gasteiger partial charge in [-0.05, 0) is 30.9 Å². The van der Waals surface area contributed by atoms with Crippen molar-refractivity contribution in [1.82, 2.24) is 14.9 Å². The molecule has 0 bridgehead atoms. The molecule has 1 amide bonds. The third kappa shape index (κ3) is 3.95. The summed E-state index contributed by atoms with van der Waals surface area (Å²) in [5.41, 5.74) is 3.22. The minimum atomic E-state index is 0.0295. The van der Waals surface area contributed by atoms with Gasteiger partial charge in [0.1, 0.15) is 0 Å². The molecule has 27 heavy (non-hydrogen) atoms. The van der Waals surface area contributed by atoms with Gasteiger partial charge in [-0.2, -0.15) is 0 Å². The lowest BCUT2D eigenvalue weighted by Crippen LogP contribution is -2.39. The predicted molar refractivity (Wildman–Crippen MR) is 104 cm³/mol. The van der Waals surface area contributed by atoms with Gasteiger partial charge < -0.3 is 14.5 Å². The van der Waals surface area contributed by atoms with Crippen LogP contribution in [0.1, 0.15) is 40.2 Å². The van der Waals surface area contributed by atoms with Gasteiger partial charge in [-0.3, -0.25) is 4.79 Å². The van der Waals surface area contributed by atoms with Crippen molar-refractivity contribution in [1.29, 1.82) is 0 Å². The number of likely N-dealkylation sites (tertiary alicyclic amines) is 1. The van der Waals surface area contributed by atoms with Gasteiger partial charge in [0.25, 0.3) is 5.91 Å². The second-order valence-corrected chi connectivity index (χ2v) is 7.32. The van der Waals surface area contributed by atoms with Crippen LogP contribution in [0.4, 0.5) is 5.95 Å². The Kier molecular flexibility index (Phi) is 5.34. The molecule has 2 aromatic rings. The lowest BCUT2D eigenvalue weighted by atomic mass is 9.88. The minimum absolute atomic E-state index is 0.0295. The molecule has 1 unspecified atom stereocenters. The number of carbonyl (C=O) groups excluding carboxylic acids is 1. The van der Waals surface area contributed by atoms with Gasteiger partial charge in [-0.1, -0.05) is 24.3 Å². The maximum atomic E-state index is 13.0. The van der Waals surface area contributed by atoms with Crippen LogP contribution in [0.2, 0.25) is 0 Å². The fraction of sp³-hybridized carbons (Fsp3) is 0.476. The number of benzene rings is 1. The molecule has 1 atom stereocenters. The maximum absolute atomic E-state index is 13.0. The van der Waals surface area contributed by atoms with Crippen LogP contribution in [0.5, 0.6) is 0 Å². The largest absolute Gasteiger partial charge is 0.378 e. The summed E-state index contributed by atoms with van der Waals surface area (Å²) in [7, 11) is 0. The zero-order valence-electron chi connectivity index (χ0n) is 15.8. The molecule has 142 valence electrons. The monoisotopic (exact) mass is 366 g/mol. The van der Waals surface area contributed by atoms with Crippen molar-refractivity contribution in [3.05, 3.63) is 53.3 Å². The highest BCUT2D eigenvalue weighted by Crippen LogP contribution is 2.29. The van der Waals surface area contributed by atoms with Crippen molar-refractivity contribution < 1.29 is 9.53 Å². The van der Waals surface area contributed by atoms with Gasteiger partial charge in [-0.15, -0.1) is 0 Å². The Morgan fingerprint density at radius 2 is 1.85 bits per heavy atom. The fourth-order valence-electron chi connectivity index (χ4n) is 4.00. The van der Waals surface area contributed by atoms with E-state index < -0.39 is 0 Å². The first-order valence-electron chi connectivity index (χ1n) is 9.72. The highest BCUT2D eigenvalue weighted by Gasteiger charge is 2.26. The average molecular weight is 366 g/mol. The number of carbonyl (C=O) groups is 1. The van der Waals surface area contributed by atoms with Crippen molar-refractivity contribution in [3.63, 3.8) is 0 Å². The van der Waals surface area contributed by atoms with E-state index >= 15 is 0 Å². The molecule has 2 fully saturated rings. The van der Waals surface area contributed by atoms with E-state index in [0.717, 1.165) is 39.0 Å². The first-order valence-corrected chi connectivity index (χ1v) is 9.72. The van der Waals surface area contributed by atoms with E-state index in [2.05, 4.69) is 46.1 Å². The van der Waals surface area contributed by atoms with Crippen LogP contribution in [0.3, 0.4) is 0 Å². The Labute approximate surface area is 160 Å². The second kappa shape index (κ2) is 8.05. The van der Waals surface area contributed by atoms with Crippen molar-refractivity contribution in [2.75, 3.05) is 44.3 Å². The molecule has 1 aromatic carbocycles. The summed E-state index contributed by atoms with van der Waals surface area (Å²) in [6, 6.07) is 8.49. The Balaban J connectivity index is 1.45. The number of aromatic nitrogens is 2. The average Bonchev–Trinajstić information content (AvgIpc) is 2.74. The van der Waals surface area contributed by atoms with Crippen LogP contribution in [-0.4, -0.2) is 60.2 Å². The van der Waals surface area contributed by atoms with E-state index in [-0.39, 0.29) is 5.91 Å². The molecule has 0 saturated carbocycles. The quantitative estimate of drug-likeness (QED) is 0.836. The summed E-state index contributed by atoms with van der Waals surface area (Å²) in [5.74, 6) is 1.10. The van der Waals surface area contributed by atoms with E-state index in [0.29, 0.717) is 30.6 Å². The molecular weight excluding hydrogens is 340 g/mol. The SMILES string of the molecule is Cc1ccccc1C1CCCN(C(=O)c2cnc(N3CCOCC3)nc2)C1. The number of piperidine rings is 1. The topological polar surface area (TPSA) is 58.6 Å². The Bertz CT molecular complexity index is 787. The smallest absolute Gasteiger partial charge is 0.257 e. The van der Waals surface area contributed by atoms with Crippen LogP contribution in [-0.2, 0) is 4.74 Å². The van der Waals surface area contributed by atoms with E-state index in [1.165, 1.54) is 11.1 Å². The molecule has 6 nitrogen and oxygen atoms in total. The van der Waals surface area contributed by atoms with E-state index in [1.807, 2.05) is 4.90 Å². The van der Waals surface area contributed by atoms with E-state index in [9.17, 15) is 4.79 Å². The normalized spacial score (nSPS) is 20.6. The number of hydrogen-bond donors (Lipinski definition) is 0. The molecule has 3 heterocycles. The fourth-order valence-corrected chi connectivity index (χ4v) is 4.00. The summed E-state index contributed by atoms with van der Waals surface area (Å²) >= 11 is 0. The number of hydrogen-bond acceptors (Lipinski definition) is 5. The summed E-state index contributed by atoms with van der Waals surface area (Å²) in [6.45, 7) is 6.67. The number of anilines is 1. The standard InChI is InChI=1S/C21H26N4O2/c1-16-5-2-3-7-19(16)17-6-4-8-25(15-17)20(26)18-13-22-21(23-14-18)24-9-11-27-12-10-24/h2-3,5,7,13-14,17H,4,6,8-12,15H2,1H3. The lowest BCUT2D eigenvalue weighted by molar-refractivity contribution is 0.0706. The lowest BCUT2D eigenvalue weighted by Gasteiger charge is -2.33. The zero-order chi connectivity index (χ0) is 18.6. The molecule has 2 aliphatic heterocycles. The number of amides is 1. The van der Waals surface area contributed by atoms with Gasteiger partial charge in [0.05, 0.1) is 18.8 Å².